The fourth-order valence-electron chi connectivity index (χ4n) is 2.54. The Morgan fingerprint density at radius 2 is 2.45 bits per heavy atom. The van der Waals surface area contributed by atoms with Crippen molar-refractivity contribution in [1.29, 1.82) is 0 Å². The number of hydrogen-bond donors (Lipinski definition) is 1. The maximum Gasteiger partial charge on any atom is 0.226 e. The summed E-state index contributed by atoms with van der Waals surface area (Å²) in [6.45, 7) is 0.986. The molecule has 0 saturated heterocycles. The molecule has 0 spiro atoms. The minimum Gasteiger partial charge on any atom is -0.493 e. The van der Waals surface area contributed by atoms with Crippen LogP contribution in [-0.4, -0.2) is 31.2 Å². The van der Waals surface area contributed by atoms with E-state index < -0.39 is 0 Å². The van der Waals surface area contributed by atoms with Crippen LogP contribution in [0, 0.1) is 5.92 Å². The van der Waals surface area contributed by atoms with Crippen molar-refractivity contribution in [3.63, 3.8) is 0 Å². The first-order valence-corrected chi connectivity index (χ1v) is 8.15. The summed E-state index contributed by atoms with van der Waals surface area (Å²) in [6, 6.07) is 5.77. The molecule has 0 fully saturated rings. The van der Waals surface area contributed by atoms with E-state index in [1.165, 1.54) is 0 Å². The summed E-state index contributed by atoms with van der Waals surface area (Å²) in [6.07, 6.45) is 1.43. The van der Waals surface area contributed by atoms with Crippen LogP contribution in [0.25, 0.3) is 0 Å². The summed E-state index contributed by atoms with van der Waals surface area (Å²) in [5, 5.41) is 4.96. The van der Waals surface area contributed by atoms with Crippen LogP contribution in [0.15, 0.2) is 29.1 Å². The summed E-state index contributed by atoms with van der Waals surface area (Å²) >= 11 is 1.57. The molecule has 0 aliphatic carbocycles. The van der Waals surface area contributed by atoms with Crippen LogP contribution in [-0.2, 0) is 17.6 Å². The number of hydrogen-bond acceptors (Lipinski definition) is 5. The van der Waals surface area contributed by atoms with Gasteiger partial charge in [0.25, 0.3) is 0 Å². The molecule has 6 heteroatoms. The molecule has 2 aromatic rings. The molecule has 116 valence electrons. The third-order valence-electron chi connectivity index (χ3n) is 3.71. The number of nitrogens with zero attached hydrogens (tertiary/aromatic N) is 1. The molecule has 1 amide bonds. The van der Waals surface area contributed by atoms with Crippen LogP contribution in [0.3, 0.4) is 0 Å². The first kappa shape index (κ1) is 14.8. The summed E-state index contributed by atoms with van der Waals surface area (Å²) in [5.41, 5.74) is 3.83. The zero-order valence-electron chi connectivity index (χ0n) is 12.4. The Balaban J connectivity index is 1.56. The Hall–Kier alpha value is -2.08. The molecular weight excluding hydrogens is 300 g/mol. The Kier molecular flexibility index (Phi) is 4.58. The summed E-state index contributed by atoms with van der Waals surface area (Å²) in [5.74, 6) is 1.36. The minimum absolute atomic E-state index is 0.0312. The average molecular weight is 318 g/mol. The van der Waals surface area contributed by atoms with Crippen molar-refractivity contribution in [2.45, 2.75) is 12.8 Å². The van der Waals surface area contributed by atoms with E-state index >= 15 is 0 Å². The number of rotatable bonds is 5. The first-order chi connectivity index (χ1) is 10.8. The van der Waals surface area contributed by atoms with Gasteiger partial charge in [0, 0.05) is 18.3 Å². The average Bonchev–Trinajstić information content (AvgIpc) is 3.07. The number of para-hydroxylation sites is 1. The molecule has 22 heavy (non-hydrogen) atoms. The molecule has 0 bridgehead atoms. The Bertz CT molecular complexity index is 643. The van der Waals surface area contributed by atoms with Crippen LogP contribution in [0.2, 0.25) is 0 Å². The molecule has 5 nitrogen and oxygen atoms in total. The van der Waals surface area contributed by atoms with E-state index in [9.17, 15) is 4.79 Å². The highest BCUT2D eigenvalue weighted by molar-refractivity contribution is 7.07. The molecule has 2 heterocycles. The maximum absolute atomic E-state index is 12.3. The van der Waals surface area contributed by atoms with Gasteiger partial charge in [-0.2, -0.15) is 0 Å². The molecule has 1 unspecified atom stereocenters. The highest BCUT2D eigenvalue weighted by Crippen LogP contribution is 2.35. The van der Waals surface area contributed by atoms with Gasteiger partial charge in [-0.3, -0.25) is 4.79 Å². The van der Waals surface area contributed by atoms with E-state index in [-0.39, 0.29) is 11.8 Å². The molecule has 1 aliphatic heterocycles. The van der Waals surface area contributed by atoms with E-state index in [0.29, 0.717) is 19.6 Å². The number of nitrogens with one attached hydrogen (secondary N) is 1. The second kappa shape index (κ2) is 6.79. The second-order valence-electron chi connectivity index (χ2n) is 5.18. The van der Waals surface area contributed by atoms with Crippen LogP contribution < -0.4 is 14.8 Å². The van der Waals surface area contributed by atoms with Crippen molar-refractivity contribution in [3.8, 4) is 11.5 Å². The lowest BCUT2D eigenvalue weighted by Crippen LogP contribution is -2.38. The molecule has 1 aliphatic rings. The van der Waals surface area contributed by atoms with E-state index in [4.69, 9.17) is 9.47 Å². The molecule has 0 saturated carbocycles. The zero-order chi connectivity index (χ0) is 15.4. The second-order valence-corrected chi connectivity index (χ2v) is 5.90. The van der Waals surface area contributed by atoms with E-state index in [1.807, 2.05) is 23.6 Å². The fraction of sp³-hybridized carbons (Fsp3) is 0.375. The monoisotopic (exact) mass is 318 g/mol. The number of ether oxygens (including phenoxy) is 2. The number of carbonyl (C=O) groups excluding carboxylic acids is 1. The quantitative estimate of drug-likeness (QED) is 0.917. The standard InChI is InChI=1S/C16H18N2O3S/c1-20-14-4-2-3-11-7-12(8-21-15(11)14)16(19)17-6-5-13-9-22-10-18-13/h2-4,9-10,12H,5-8H2,1H3,(H,17,19). The molecule has 0 radical (unpaired) electrons. The summed E-state index contributed by atoms with van der Waals surface area (Å²) in [4.78, 5) is 16.5. The largest absolute Gasteiger partial charge is 0.493 e. The summed E-state index contributed by atoms with van der Waals surface area (Å²) < 4.78 is 11.0. The molecular formula is C16H18N2O3S. The van der Waals surface area contributed by atoms with E-state index in [2.05, 4.69) is 10.3 Å². The number of methoxy groups -OCH3 is 1. The highest BCUT2D eigenvalue weighted by atomic mass is 32.1. The van der Waals surface area contributed by atoms with Gasteiger partial charge < -0.3 is 14.8 Å². The van der Waals surface area contributed by atoms with Gasteiger partial charge >= 0.3 is 0 Å². The van der Waals surface area contributed by atoms with Crippen LogP contribution in [0.1, 0.15) is 11.3 Å². The number of thiazole rings is 1. The lowest BCUT2D eigenvalue weighted by atomic mass is 9.95. The number of carbonyl (C=O) groups is 1. The molecule has 1 aromatic carbocycles. The zero-order valence-corrected chi connectivity index (χ0v) is 13.2. The lowest BCUT2D eigenvalue weighted by molar-refractivity contribution is -0.126. The minimum atomic E-state index is -0.157. The fourth-order valence-corrected chi connectivity index (χ4v) is 3.14. The lowest BCUT2D eigenvalue weighted by Gasteiger charge is -2.25. The Morgan fingerprint density at radius 1 is 1.55 bits per heavy atom. The summed E-state index contributed by atoms with van der Waals surface area (Å²) in [7, 11) is 1.62. The van der Waals surface area contributed by atoms with Gasteiger partial charge in [-0.15, -0.1) is 11.3 Å². The van der Waals surface area contributed by atoms with E-state index in [0.717, 1.165) is 29.2 Å². The SMILES string of the molecule is COc1cccc2c1OCC(C(=O)NCCc1cscn1)C2. The van der Waals surface area contributed by atoms with Crippen molar-refractivity contribution < 1.29 is 14.3 Å². The molecule has 1 N–H and O–H groups in total. The third kappa shape index (κ3) is 3.22. The van der Waals surface area contributed by atoms with Crippen LogP contribution in [0.4, 0.5) is 0 Å². The normalized spacial score (nSPS) is 16.5. The van der Waals surface area contributed by atoms with Crippen molar-refractivity contribution >= 4 is 17.2 Å². The van der Waals surface area contributed by atoms with Crippen molar-refractivity contribution in [1.82, 2.24) is 10.3 Å². The van der Waals surface area contributed by atoms with Crippen molar-refractivity contribution in [2.75, 3.05) is 20.3 Å². The van der Waals surface area contributed by atoms with Crippen molar-refractivity contribution in [2.24, 2.45) is 5.92 Å². The van der Waals surface area contributed by atoms with Crippen molar-refractivity contribution in [3.05, 3.63) is 40.3 Å². The number of fused-ring (bicyclic) bond motifs is 1. The van der Waals surface area contributed by atoms with Gasteiger partial charge in [-0.1, -0.05) is 12.1 Å². The van der Waals surface area contributed by atoms with Gasteiger partial charge in [0.1, 0.15) is 6.61 Å². The van der Waals surface area contributed by atoms with E-state index in [1.54, 1.807) is 24.0 Å². The number of aromatic nitrogens is 1. The highest BCUT2D eigenvalue weighted by Gasteiger charge is 2.27. The first-order valence-electron chi connectivity index (χ1n) is 7.21. The number of benzene rings is 1. The topological polar surface area (TPSA) is 60.5 Å². The Morgan fingerprint density at radius 3 is 3.23 bits per heavy atom. The molecule has 1 atom stereocenters. The predicted molar refractivity (Wildman–Crippen MR) is 84.5 cm³/mol. The smallest absolute Gasteiger partial charge is 0.226 e. The van der Waals surface area contributed by atoms with Crippen LogP contribution in [0.5, 0.6) is 11.5 Å². The van der Waals surface area contributed by atoms with Gasteiger partial charge in [0.05, 0.1) is 24.2 Å². The predicted octanol–water partition coefficient (Wildman–Crippen LogP) is 2.06. The Labute approximate surface area is 133 Å². The van der Waals surface area contributed by atoms with Crippen LogP contribution >= 0.6 is 11.3 Å². The number of amides is 1. The van der Waals surface area contributed by atoms with Gasteiger partial charge in [0.15, 0.2) is 11.5 Å². The van der Waals surface area contributed by atoms with Gasteiger partial charge in [-0.25, -0.2) is 4.98 Å². The van der Waals surface area contributed by atoms with Gasteiger partial charge in [0.2, 0.25) is 5.91 Å². The third-order valence-corrected chi connectivity index (χ3v) is 4.35. The molecule has 1 aromatic heterocycles. The maximum atomic E-state index is 12.3. The van der Waals surface area contributed by atoms with Gasteiger partial charge in [-0.05, 0) is 18.1 Å². The molecule has 3 rings (SSSR count).